The van der Waals surface area contributed by atoms with Crippen LogP contribution in [0, 0.1) is 5.41 Å². The number of rotatable bonds is 5. The Bertz CT molecular complexity index is 283. The van der Waals surface area contributed by atoms with Gasteiger partial charge in [-0.15, -0.1) is 0 Å². The molecule has 0 aromatic rings. The van der Waals surface area contributed by atoms with Gasteiger partial charge in [-0.3, -0.25) is 9.80 Å². The van der Waals surface area contributed by atoms with Crippen LogP contribution in [0.2, 0.25) is 0 Å². The minimum absolute atomic E-state index is 0.824. The quantitative estimate of drug-likeness (QED) is 0.779. The fourth-order valence-corrected chi connectivity index (χ4v) is 4.52. The van der Waals surface area contributed by atoms with Crippen LogP contribution in [0.15, 0.2) is 0 Å². The van der Waals surface area contributed by atoms with Gasteiger partial charge in [-0.1, -0.05) is 13.3 Å². The van der Waals surface area contributed by atoms with Gasteiger partial charge in [0.15, 0.2) is 0 Å². The van der Waals surface area contributed by atoms with Crippen LogP contribution in [0.4, 0.5) is 0 Å². The van der Waals surface area contributed by atoms with E-state index in [1.54, 1.807) is 0 Å². The third-order valence-corrected chi connectivity index (χ3v) is 6.21. The minimum atomic E-state index is 0.824. The van der Waals surface area contributed by atoms with Crippen LogP contribution in [-0.2, 0) is 0 Å². The summed E-state index contributed by atoms with van der Waals surface area (Å²) in [6, 6.07) is 0.914. The first-order valence-electron chi connectivity index (χ1n) is 8.98. The summed E-state index contributed by atoms with van der Waals surface area (Å²) in [6.07, 6.45) is 10.6. The van der Waals surface area contributed by atoms with Gasteiger partial charge in [-0.25, -0.2) is 0 Å². The molecule has 0 aromatic carbocycles. The number of piperazine rings is 1. The lowest BCUT2D eigenvalue weighted by molar-refractivity contribution is 0.0137. The maximum atomic E-state index is 3.44. The van der Waals surface area contributed by atoms with E-state index in [9.17, 15) is 0 Å². The lowest BCUT2D eigenvalue weighted by atomic mass is 9.60. The fourth-order valence-electron chi connectivity index (χ4n) is 4.52. The molecule has 20 heavy (non-hydrogen) atoms. The molecule has 1 aliphatic heterocycles. The molecule has 2 aliphatic carbocycles. The zero-order chi connectivity index (χ0) is 13.8. The predicted octanol–water partition coefficient (Wildman–Crippen LogP) is 2.33. The summed E-state index contributed by atoms with van der Waals surface area (Å²) in [4.78, 5) is 5.44. The van der Waals surface area contributed by atoms with Gasteiger partial charge in [0.25, 0.3) is 0 Å². The molecule has 3 aliphatic rings. The topological polar surface area (TPSA) is 18.5 Å². The Labute approximate surface area is 125 Å². The molecule has 3 nitrogen and oxygen atoms in total. The molecule has 2 saturated carbocycles. The number of nitrogens with one attached hydrogen (secondary N) is 1. The van der Waals surface area contributed by atoms with Gasteiger partial charge in [-0.2, -0.15) is 0 Å². The Hall–Kier alpha value is -0.120. The van der Waals surface area contributed by atoms with Crippen molar-refractivity contribution in [1.29, 1.82) is 0 Å². The highest BCUT2D eigenvalue weighted by molar-refractivity contribution is 4.94. The van der Waals surface area contributed by atoms with E-state index in [1.165, 1.54) is 77.7 Å². The maximum Gasteiger partial charge on any atom is 0.0113 e. The highest BCUT2D eigenvalue weighted by Crippen LogP contribution is 2.52. The Kier molecular flexibility index (Phi) is 5.00. The van der Waals surface area contributed by atoms with Gasteiger partial charge in [-0.05, 0) is 50.5 Å². The molecular weight excluding hydrogens is 246 g/mol. The highest BCUT2D eigenvalue weighted by atomic mass is 15.3. The Morgan fingerprint density at radius 3 is 2.25 bits per heavy atom. The molecule has 116 valence electrons. The van der Waals surface area contributed by atoms with Crippen molar-refractivity contribution in [2.24, 2.45) is 5.41 Å². The van der Waals surface area contributed by atoms with Crippen molar-refractivity contribution in [3.8, 4) is 0 Å². The molecule has 0 aromatic heterocycles. The molecular formula is C17H33N3. The summed E-state index contributed by atoms with van der Waals surface area (Å²) in [5.74, 6) is 0. The monoisotopic (exact) mass is 279 g/mol. The van der Waals surface area contributed by atoms with Crippen LogP contribution >= 0.6 is 0 Å². The van der Waals surface area contributed by atoms with Gasteiger partial charge in [0, 0.05) is 45.3 Å². The summed E-state index contributed by atoms with van der Waals surface area (Å²) in [6.45, 7) is 10.9. The van der Waals surface area contributed by atoms with E-state index in [-0.39, 0.29) is 0 Å². The van der Waals surface area contributed by atoms with E-state index in [0.717, 1.165) is 24.5 Å². The SMILES string of the molecule is CCNCCN1CCN(C2CCC3(CCC3)CC2)CC1. The summed E-state index contributed by atoms with van der Waals surface area (Å²) < 4.78 is 0. The predicted molar refractivity (Wildman–Crippen MR) is 85.1 cm³/mol. The smallest absolute Gasteiger partial charge is 0.0113 e. The molecule has 1 spiro atoms. The molecule has 3 heteroatoms. The van der Waals surface area contributed by atoms with Crippen molar-refractivity contribution in [3.63, 3.8) is 0 Å². The summed E-state index contributed by atoms with van der Waals surface area (Å²) in [5, 5.41) is 3.44. The number of likely N-dealkylation sites (N-methyl/N-ethyl adjacent to an activating group) is 1. The molecule has 3 rings (SSSR count). The van der Waals surface area contributed by atoms with Gasteiger partial charge >= 0.3 is 0 Å². The van der Waals surface area contributed by atoms with Crippen molar-refractivity contribution in [3.05, 3.63) is 0 Å². The molecule has 1 saturated heterocycles. The molecule has 0 radical (unpaired) electrons. The normalized spacial score (nSPS) is 28.6. The zero-order valence-electron chi connectivity index (χ0n) is 13.4. The molecule has 0 unspecified atom stereocenters. The molecule has 3 fully saturated rings. The third kappa shape index (κ3) is 3.37. The van der Waals surface area contributed by atoms with Gasteiger partial charge < -0.3 is 5.32 Å². The molecule has 1 heterocycles. The third-order valence-electron chi connectivity index (χ3n) is 6.21. The Balaban J connectivity index is 1.36. The zero-order valence-corrected chi connectivity index (χ0v) is 13.4. The van der Waals surface area contributed by atoms with Crippen LogP contribution < -0.4 is 5.32 Å². The lowest BCUT2D eigenvalue weighted by Gasteiger charge is -2.50. The summed E-state index contributed by atoms with van der Waals surface area (Å²) in [5.41, 5.74) is 0.824. The lowest BCUT2D eigenvalue weighted by Crippen LogP contribution is -2.53. The van der Waals surface area contributed by atoms with E-state index in [2.05, 4.69) is 22.0 Å². The van der Waals surface area contributed by atoms with Crippen molar-refractivity contribution in [1.82, 2.24) is 15.1 Å². The van der Waals surface area contributed by atoms with Gasteiger partial charge in [0.2, 0.25) is 0 Å². The average molecular weight is 279 g/mol. The van der Waals surface area contributed by atoms with Gasteiger partial charge in [0.05, 0.1) is 0 Å². The first kappa shape index (κ1) is 14.8. The largest absolute Gasteiger partial charge is 0.316 e. The summed E-state index contributed by atoms with van der Waals surface area (Å²) >= 11 is 0. The van der Waals surface area contributed by atoms with E-state index in [1.807, 2.05) is 0 Å². The second-order valence-electron chi connectivity index (χ2n) is 7.32. The van der Waals surface area contributed by atoms with E-state index < -0.39 is 0 Å². The summed E-state index contributed by atoms with van der Waals surface area (Å²) in [7, 11) is 0. The van der Waals surface area contributed by atoms with Gasteiger partial charge in [0.1, 0.15) is 0 Å². The first-order valence-corrected chi connectivity index (χ1v) is 8.98. The van der Waals surface area contributed by atoms with Crippen LogP contribution in [0.25, 0.3) is 0 Å². The molecule has 0 bridgehead atoms. The van der Waals surface area contributed by atoms with Crippen LogP contribution in [0.1, 0.15) is 51.9 Å². The number of hydrogen-bond acceptors (Lipinski definition) is 3. The average Bonchev–Trinajstić information content (AvgIpc) is 2.47. The maximum absolute atomic E-state index is 3.44. The Morgan fingerprint density at radius 2 is 1.70 bits per heavy atom. The van der Waals surface area contributed by atoms with E-state index >= 15 is 0 Å². The highest BCUT2D eigenvalue weighted by Gasteiger charge is 2.41. The standard InChI is InChI=1S/C17H33N3/c1-2-18-10-11-19-12-14-20(15-13-19)16-4-8-17(9-5-16)6-3-7-17/h16,18H,2-15H2,1H3. The van der Waals surface area contributed by atoms with Crippen LogP contribution in [-0.4, -0.2) is 61.7 Å². The molecule has 0 atom stereocenters. The number of nitrogens with zero attached hydrogens (tertiary/aromatic N) is 2. The molecule has 0 amide bonds. The Morgan fingerprint density at radius 1 is 1.00 bits per heavy atom. The molecule has 1 N–H and O–H groups in total. The van der Waals surface area contributed by atoms with Crippen LogP contribution in [0.3, 0.4) is 0 Å². The van der Waals surface area contributed by atoms with E-state index in [4.69, 9.17) is 0 Å². The van der Waals surface area contributed by atoms with Crippen molar-refractivity contribution in [2.45, 2.75) is 57.9 Å². The second-order valence-corrected chi connectivity index (χ2v) is 7.32. The minimum Gasteiger partial charge on any atom is -0.316 e. The number of hydrogen-bond donors (Lipinski definition) is 1. The van der Waals surface area contributed by atoms with Crippen molar-refractivity contribution >= 4 is 0 Å². The van der Waals surface area contributed by atoms with Crippen molar-refractivity contribution in [2.75, 3.05) is 45.8 Å². The van der Waals surface area contributed by atoms with Crippen molar-refractivity contribution < 1.29 is 0 Å². The second kappa shape index (κ2) is 6.76. The van der Waals surface area contributed by atoms with Crippen LogP contribution in [0.5, 0.6) is 0 Å². The van der Waals surface area contributed by atoms with E-state index in [0.29, 0.717) is 0 Å². The fraction of sp³-hybridized carbons (Fsp3) is 1.00. The first-order chi connectivity index (χ1) is 9.81.